The summed E-state index contributed by atoms with van der Waals surface area (Å²) in [5.41, 5.74) is 3.96. The summed E-state index contributed by atoms with van der Waals surface area (Å²) in [6.45, 7) is 4.85. The van der Waals surface area contributed by atoms with Crippen molar-refractivity contribution in [2.24, 2.45) is 10.1 Å². The second-order valence-electron chi connectivity index (χ2n) is 6.52. The molecule has 0 spiro atoms. The lowest BCUT2D eigenvalue weighted by Gasteiger charge is -2.10. The van der Waals surface area contributed by atoms with Crippen molar-refractivity contribution in [3.63, 3.8) is 0 Å². The monoisotopic (exact) mass is 374 g/mol. The van der Waals surface area contributed by atoms with Crippen LogP contribution in [0.25, 0.3) is 0 Å². The fourth-order valence-electron chi connectivity index (χ4n) is 2.87. The fraction of sp³-hybridized carbons (Fsp3) is 0.316. The maximum atomic E-state index is 13.4. The number of benzene rings is 1. The third-order valence-corrected chi connectivity index (χ3v) is 4.47. The van der Waals surface area contributed by atoms with E-state index in [1.807, 2.05) is 6.07 Å². The van der Waals surface area contributed by atoms with Crippen LogP contribution in [0, 0.1) is 5.82 Å². The smallest absolute Gasteiger partial charge is 0.156 e. The minimum atomic E-state index is -0.474. The van der Waals surface area contributed by atoms with E-state index in [1.54, 1.807) is 12.3 Å². The Labute approximate surface area is 156 Å². The molecule has 5 nitrogen and oxygen atoms in total. The fourth-order valence-corrected chi connectivity index (χ4v) is 3.07. The minimum Gasteiger partial charge on any atom is -0.411 e. The van der Waals surface area contributed by atoms with Gasteiger partial charge in [0.25, 0.3) is 0 Å². The molecular formula is C19H20ClFN4O. The molecule has 0 aliphatic carbocycles. The molecule has 2 aromatic rings. The lowest BCUT2D eigenvalue weighted by atomic mass is 9.97. The van der Waals surface area contributed by atoms with Gasteiger partial charge in [-0.3, -0.25) is 0 Å². The number of nitrogens with zero attached hydrogens (tertiary/aromatic N) is 3. The number of hydrogen-bond donors (Lipinski definition) is 2. The summed E-state index contributed by atoms with van der Waals surface area (Å²) < 4.78 is 13.4. The number of aromatic nitrogens is 1. The highest BCUT2D eigenvalue weighted by Gasteiger charge is 2.22. The van der Waals surface area contributed by atoms with Crippen molar-refractivity contribution in [3.05, 3.63) is 58.0 Å². The molecule has 1 aliphatic rings. The standard InChI is InChI=1S/C19H20ClFN4O/c1-11(2)23-10-13-9-15-14(5-6-22-19(15)24-13)18(25-26)8-12-3-4-17(21)16(20)7-12/h3-7,11,23,26H,8-10H2,1-2H3/b25-18+. The van der Waals surface area contributed by atoms with Gasteiger partial charge in [0.05, 0.1) is 10.7 Å². The van der Waals surface area contributed by atoms with Crippen molar-refractivity contribution >= 4 is 28.8 Å². The molecule has 1 aromatic carbocycles. The Morgan fingerprint density at radius 2 is 2.19 bits per heavy atom. The van der Waals surface area contributed by atoms with Crippen LogP contribution in [-0.2, 0) is 12.8 Å². The zero-order valence-corrected chi connectivity index (χ0v) is 15.4. The third kappa shape index (κ3) is 4.08. The third-order valence-electron chi connectivity index (χ3n) is 4.18. The first-order valence-electron chi connectivity index (χ1n) is 8.41. The minimum absolute atomic E-state index is 0.0464. The maximum absolute atomic E-state index is 13.4. The number of rotatable bonds is 6. The zero-order chi connectivity index (χ0) is 18.7. The molecule has 2 N–H and O–H groups in total. The Bertz CT molecular complexity index is 880. The number of nitrogens with one attached hydrogen (secondary N) is 1. The first kappa shape index (κ1) is 18.5. The average molecular weight is 375 g/mol. The molecule has 26 heavy (non-hydrogen) atoms. The predicted octanol–water partition coefficient (Wildman–Crippen LogP) is 3.92. The van der Waals surface area contributed by atoms with Gasteiger partial charge in [0.1, 0.15) is 5.82 Å². The van der Waals surface area contributed by atoms with E-state index >= 15 is 0 Å². The van der Waals surface area contributed by atoms with Gasteiger partial charge in [0.2, 0.25) is 0 Å². The summed E-state index contributed by atoms with van der Waals surface area (Å²) in [5, 5.41) is 16.4. The van der Waals surface area contributed by atoms with E-state index in [0.717, 1.165) is 22.4 Å². The van der Waals surface area contributed by atoms with E-state index in [1.165, 1.54) is 12.1 Å². The molecule has 136 valence electrons. The van der Waals surface area contributed by atoms with Crippen LogP contribution in [0.2, 0.25) is 5.02 Å². The van der Waals surface area contributed by atoms with Gasteiger partial charge in [-0.05, 0) is 23.8 Å². The van der Waals surface area contributed by atoms with Crippen LogP contribution in [0.5, 0.6) is 0 Å². The van der Waals surface area contributed by atoms with Crippen molar-refractivity contribution in [1.82, 2.24) is 10.3 Å². The van der Waals surface area contributed by atoms with E-state index in [0.29, 0.717) is 37.0 Å². The molecule has 1 aromatic heterocycles. The Morgan fingerprint density at radius 3 is 2.88 bits per heavy atom. The highest BCUT2D eigenvalue weighted by Crippen LogP contribution is 2.28. The van der Waals surface area contributed by atoms with Crippen LogP contribution in [-0.4, -0.2) is 34.2 Å². The van der Waals surface area contributed by atoms with Gasteiger partial charge in [-0.25, -0.2) is 14.4 Å². The zero-order valence-electron chi connectivity index (χ0n) is 14.6. The van der Waals surface area contributed by atoms with Crippen LogP contribution in [0.4, 0.5) is 10.2 Å². The molecule has 0 saturated carbocycles. The van der Waals surface area contributed by atoms with Gasteiger partial charge < -0.3 is 10.5 Å². The number of aliphatic imine (C=N–C) groups is 1. The van der Waals surface area contributed by atoms with Gasteiger partial charge in [-0.1, -0.05) is 36.7 Å². The molecule has 7 heteroatoms. The van der Waals surface area contributed by atoms with E-state index < -0.39 is 5.82 Å². The van der Waals surface area contributed by atoms with Gasteiger partial charge >= 0.3 is 0 Å². The summed E-state index contributed by atoms with van der Waals surface area (Å²) in [6, 6.07) is 6.66. The van der Waals surface area contributed by atoms with Gasteiger partial charge in [0, 0.05) is 48.5 Å². The number of hydrogen-bond acceptors (Lipinski definition) is 5. The van der Waals surface area contributed by atoms with E-state index in [9.17, 15) is 9.60 Å². The van der Waals surface area contributed by atoms with Crippen LogP contribution < -0.4 is 5.32 Å². The summed E-state index contributed by atoms with van der Waals surface area (Å²) in [4.78, 5) is 8.89. The highest BCUT2D eigenvalue weighted by atomic mass is 35.5. The first-order chi connectivity index (χ1) is 12.5. The van der Waals surface area contributed by atoms with Gasteiger partial charge in [-0.2, -0.15) is 0 Å². The Morgan fingerprint density at radius 1 is 1.38 bits per heavy atom. The lowest BCUT2D eigenvalue weighted by molar-refractivity contribution is 0.318. The van der Waals surface area contributed by atoms with E-state index in [4.69, 9.17) is 11.6 Å². The number of oxime groups is 1. The first-order valence-corrected chi connectivity index (χ1v) is 8.78. The summed E-state index contributed by atoms with van der Waals surface area (Å²) in [6.07, 6.45) is 2.63. The maximum Gasteiger partial charge on any atom is 0.156 e. The molecule has 0 radical (unpaired) electrons. The molecule has 0 fully saturated rings. The molecule has 0 bridgehead atoms. The normalized spacial score (nSPS) is 13.9. The van der Waals surface area contributed by atoms with Crippen LogP contribution >= 0.6 is 11.6 Å². The van der Waals surface area contributed by atoms with Crippen LogP contribution in [0.15, 0.2) is 40.6 Å². The van der Waals surface area contributed by atoms with Crippen molar-refractivity contribution in [2.75, 3.05) is 6.54 Å². The molecule has 1 aliphatic heterocycles. The molecule has 3 rings (SSSR count). The van der Waals surface area contributed by atoms with Crippen LogP contribution in [0.3, 0.4) is 0 Å². The molecular weight excluding hydrogens is 355 g/mol. The molecule has 2 heterocycles. The number of pyridine rings is 1. The average Bonchev–Trinajstić information content (AvgIpc) is 3.04. The van der Waals surface area contributed by atoms with Crippen molar-refractivity contribution in [2.45, 2.75) is 32.7 Å². The summed E-state index contributed by atoms with van der Waals surface area (Å²) in [5.74, 6) is 0.180. The highest BCUT2D eigenvalue weighted by molar-refractivity contribution is 6.30. The van der Waals surface area contributed by atoms with E-state index in [2.05, 4.69) is 34.3 Å². The van der Waals surface area contributed by atoms with Crippen LogP contribution in [0.1, 0.15) is 30.5 Å². The number of fused-ring (bicyclic) bond motifs is 1. The molecule has 0 unspecified atom stereocenters. The second-order valence-corrected chi connectivity index (χ2v) is 6.93. The topological polar surface area (TPSA) is 69.9 Å². The second kappa shape index (κ2) is 7.93. The molecule has 0 saturated heterocycles. The summed E-state index contributed by atoms with van der Waals surface area (Å²) in [7, 11) is 0. The van der Waals surface area contributed by atoms with E-state index in [-0.39, 0.29) is 5.02 Å². The molecule has 0 amide bonds. The van der Waals surface area contributed by atoms with Crippen molar-refractivity contribution < 1.29 is 9.60 Å². The van der Waals surface area contributed by atoms with Gasteiger partial charge in [-0.15, -0.1) is 0 Å². The quantitative estimate of drug-likeness (QED) is 0.457. The largest absolute Gasteiger partial charge is 0.411 e. The number of halogens is 2. The lowest BCUT2D eigenvalue weighted by Crippen LogP contribution is -2.29. The van der Waals surface area contributed by atoms with Crippen molar-refractivity contribution in [3.8, 4) is 0 Å². The Kier molecular flexibility index (Phi) is 5.64. The molecule has 0 atom stereocenters. The Balaban J connectivity index is 1.82. The predicted molar refractivity (Wildman–Crippen MR) is 102 cm³/mol. The van der Waals surface area contributed by atoms with Gasteiger partial charge in [0.15, 0.2) is 5.82 Å². The van der Waals surface area contributed by atoms with Crippen molar-refractivity contribution in [1.29, 1.82) is 0 Å². The summed E-state index contributed by atoms with van der Waals surface area (Å²) >= 11 is 5.85. The Hall–Kier alpha value is -2.31. The SMILES string of the molecule is CC(C)NCC1=Nc2nccc(/C(Cc3ccc(F)c(Cl)c3)=N/O)c2C1.